The molecule has 2 heterocycles. The Bertz CT molecular complexity index is 511. The van der Waals surface area contributed by atoms with E-state index >= 15 is 0 Å². The largest absolute Gasteiger partial charge is 0.462 e. The Morgan fingerprint density at radius 1 is 1.23 bits per heavy atom. The Hall–Kier alpha value is -1.35. The summed E-state index contributed by atoms with van der Waals surface area (Å²) in [6.07, 6.45) is 5.42. The zero-order chi connectivity index (χ0) is 15.7. The van der Waals surface area contributed by atoms with Crippen molar-refractivity contribution in [2.24, 2.45) is 0 Å². The predicted octanol–water partition coefficient (Wildman–Crippen LogP) is 3.66. The smallest absolute Gasteiger partial charge is 0.313 e. The molecular formula is C19H27NO2. The normalized spacial score (nSPS) is 29.3. The Kier molecular flexibility index (Phi) is 4.53. The van der Waals surface area contributed by atoms with Crippen LogP contribution in [0.4, 0.5) is 0 Å². The standard InChI is InChI=1S/C19H27NO2/c1-4-18(14-7-5-13(2)6-8-14)19(21)22-17-11-15-9-10-16(12-17)20(15)3/h5-8,15-18H,4,9-12H2,1-3H3/t15?,16?,17?,18-/m1/s1. The molecular weight excluding hydrogens is 274 g/mol. The fourth-order valence-corrected chi connectivity index (χ4v) is 4.04. The van der Waals surface area contributed by atoms with Crippen LogP contribution in [0, 0.1) is 6.92 Å². The first kappa shape index (κ1) is 15.5. The van der Waals surface area contributed by atoms with Gasteiger partial charge in [0.15, 0.2) is 0 Å². The van der Waals surface area contributed by atoms with E-state index in [1.807, 2.05) is 0 Å². The molecule has 2 aliphatic rings. The molecule has 3 rings (SSSR count). The van der Waals surface area contributed by atoms with Gasteiger partial charge in [0.25, 0.3) is 0 Å². The molecule has 0 aliphatic carbocycles. The molecule has 2 fully saturated rings. The van der Waals surface area contributed by atoms with Gasteiger partial charge in [-0.15, -0.1) is 0 Å². The summed E-state index contributed by atoms with van der Waals surface area (Å²) in [4.78, 5) is 15.1. The van der Waals surface area contributed by atoms with Crippen LogP contribution in [0.15, 0.2) is 24.3 Å². The second-order valence-electron chi connectivity index (χ2n) is 6.95. The molecule has 2 unspecified atom stereocenters. The predicted molar refractivity (Wildman–Crippen MR) is 87.9 cm³/mol. The zero-order valence-electron chi connectivity index (χ0n) is 13.9. The van der Waals surface area contributed by atoms with Crippen LogP contribution in [-0.2, 0) is 9.53 Å². The molecule has 0 radical (unpaired) electrons. The van der Waals surface area contributed by atoms with Gasteiger partial charge in [-0.05, 0) is 51.6 Å². The minimum Gasteiger partial charge on any atom is -0.462 e. The summed E-state index contributed by atoms with van der Waals surface area (Å²) in [5, 5.41) is 0. The average Bonchev–Trinajstić information content (AvgIpc) is 2.72. The number of carbonyl (C=O) groups is 1. The Labute approximate surface area is 133 Å². The number of hydrogen-bond donors (Lipinski definition) is 0. The number of benzene rings is 1. The third-order valence-electron chi connectivity index (χ3n) is 5.51. The monoisotopic (exact) mass is 301 g/mol. The Morgan fingerprint density at radius 3 is 2.36 bits per heavy atom. The molecule has 1 aromatic rings. The van der Waals surface area contributed by atoms with Gasteiger partial charge in [0.1, 0.15) is 6.10 Å². The van der Waals surface area contributed by atoms with Gasteiger partial charge >= 0.3 is 5.97 Å². The number of nitrogens with zero attached hydrogens (tertiary/aromatic N) is 1. The highest BCUT2D eigenvalue weighted by atomic mass is 16.5. The Balaban J connectivity index is 1.64. The van der Waals surface area contributed by atoms with Crippen molar-refractivity contribution in [3.8, 4) is 0 Å². The van der Waals surface area contributed by atoms with Crippen molar-refractivity contribution in [3.63, 3.8) is 0 Å². The van der Waals surface area contributed by atoms with E-state index in [-0.39, 0.29) is 18.0 Å². The van der Waals surface area contributed by atoms with Crippen molar-refractivity contribution in [3.05, 3.63) is 35.4 Å². The molecule has 0 saturated carbocycles. The van der Waals surface area contributed by atoms with E-state index in [2.05, 4.69) is 50.1 Å². The zero-order valence-corrected chi connectivity index (χ0v) is 13.9. The van der Waals surface area contributed by atoms with Gasteiger partial charge in [-0.25, -0.2) is 0 Å². The lowest BCUT2D eigenvalue weighted by molar-refractivity contribution is -0.154. The van der Waals surface area contributed by atoms with E-state index in [4.69, 9.17) is 4.74 Å². The summed E-state index contributed by atoms with van der Waals surface area (Å²) in [5.41, 5.74) is 2.30. The van der Waals surface area contributed by atoms with Crippen LogP contribution >= 0.6 is 0 Å². The van der Waals surface area contributed by atoms with Crippen molar-refractivity contribution < 1.29 is 9.53 Å². The van der Waals surface area contributed by atoms with Crippen LogP contribution in [0.3, 0.4) is 0 Å². The molecule has 0 spiro atoms. The first-order chi connectivity index (χ1) is 10.6. The Morgan fingerprint density at radius 2 is 1.82 bits per heavy atom. The number of hydrogen-bond acceptors (Lipinski definition) is 3. The molecule has 0 amide bonds. The van der Waals surface area contributed by atoms with Crippen molar-refractivity contribution in [2.75, 3.05) is 7.05 Å². The molecule has 2 saturated heterocycles. The van der Waals surface area contributed by atoms with Gasteiger partial charge in [0, 0.05) is 12.1 Å². The molecule has 3 atom stereocenters. The van der Waals surface area contributed by atoms with Crippen LogP contribution in [0.25, 0.3) is 0 Å². The van der Waals surface area contributed by atoms with Crippen LogP contribution < -0.4 is 0 Å². The summed E-state index contributed by atoms with van der Waals surface area (Å²) in [6.45, 7) is 4.13. The van der Waals surface area contributed by atoms with Gasteiger partial charge in [-0.3, -0.25) is 4.79 Å². The highest BCUT2D eigenvalue weighted by Crippen LogP contribution is 2.36. The highest BCUT2D eigenvalue weighted by molar-refractivity contribution is 5.78. The molecule has 2 aliphatic heterocycles. The lowest BCUT2D eigenvalue weighted by atomic mass is 9.95. The maximum atomic E-state index is 12.6. The third-order valence-corrected chi connectivity index (χ3v) is 5.51. The van der Waals surface area contributed by atoms with E-state index in [1.165, 1.54) is 18.4 Å². The van der Waals surface area contributed by atoms with Crippen molar-refractivity contribution in [1.29, 1.82) is 0 Å². The average molecular weight is 301 g/mol. The van der Waals surface area contributed by atoms with Crippen LogP contribution in [0.2, 0.25) is 0 Å². The first-order valence-electron chi connectivity index (χ1n) is 8.57. The minimum atomic E-state index is -0.127. The molecule has 0 aromatic heterocycles. The number of aryl methyl sites for hydroxylation is 1. The summed E-state index contributed by atoms with van der Waals surface area (Å²) < 4.78 is 5.89. The molecule has 0 N–H and O–H groups in total. The SMILES string of the molecule is CC[C@@H](C(=O)OC1CC2CCC(C1)N2C)c1ccc(C)cc1. The molecule has 1 aromatic carbocycles. The van der Waals surface area contributed by atoms with Gasteiger partial charge < -0.3 is 9.64 Å². The molecule has 2 bridgehead atoms. The second kappa shape index (κ2) is 6.41. The molecule has 3 heteroatoms. The maximum Gasteiger partial charge on any atom is 0.313 e. The van der Waals surface area contributed by atoms with Crippen LogP contribution in [-0.4, -0.2) is 36.1 Å². The first-order valence-corrected chi connectivity index (χ1v) is 8.57. The van der Waals surface area contributed by atoms with E-state index in [9.17, 15) is 4.79 Å². The fourth-order valence-electron chi connectivity index (χ4n) is 4.04. The van der Waals surface area contributed by atoms with E-state index in [0.29, 0.717) is 12.1 Å². The summed E-state index contributed by atoms with van der Waals surface area (Å²) in [6, 6.07) is 9.47. The van der Waals surface area contributed by atoms with Gasteiger partial charge in [0.2, 0.25) is 0 Å². The minimum absolute atomic E-state index is 0.0414. The van der Waals surface area contributed by atoms with Crippen molar-refractivity contribution in [2.45, 2.75) is 70.1 Å². The molecule has 22 heavy (non-hydrogen) atoms. The number of ether oxygens (including phenoxy) is 1. The van der Waals surface area contributed by atoms with Crippen LogP contribution in [0.1, 0.15) is 56.1 Å². The molecule has 120 valence electrons. The highest BCUT2D eigenvalue weighted by Gasteiger charge is 2.40. The number of esters is 1. The van der Waals surface area contributed by atoms with E-state index in [1.54, 1.807) is 0 Å². The molecule has 3 nitrogen and oxygen atoms in total. The van der Waals surface area contributed by atoms with Crippen molar-refractivity contribution in [1.82, 2.24) is 4.90 Å². The second-order valence-corrected chi connectivity index (χ2v) is 6.95. The number of rotatable bonds is 4. The van der Waals surface area contributed by atoms with Crippen LogP contribution in [0.5, 0.6) is 0 Å². The van der Waals surface area contributed by atoms with E-state index < -0.39 is 0 Å². The number of piperidine rings is 1. The number of fused-ring (bicyclic) bond motifs is 2. The summed E-state index contributed by atoms with van der Waals surface area (Å²) in [5.74, 6) is -0.168. The summed E-state index contributed by atoms with van der Waals surface area (Å²) >= 11 is 0. The lowest BCUT2D eigenvalue weighted by Gasteiger charge is -2.36. The van der Waals surface area contributed by atoms with Gasteiger partial charge in [-0.2, -0.15) is 0 Å². The fraction of sp³-hybridized carbons (Fsp3) is 0.632. The van der Waals surface area contributed by atoms with Gasteiger partial charge in [0.05, 0.1) is 5.92 Å². The summed E-state index contributed by atoms with van der Waals surface area (Å²) in [7, 11) is 2.21. The number of carbonyl (C=O) groups excluding carboxylic acids is 1. The van der Waals surface area contributed by atoms with E-state index in [0.717, 1.165) is 24.8 Å². The third kappa shape index (κ3) is 3.05. The topological polar surface area (TPSA) is 29.5 Å². The van der Waals surface area contributed by atoms with Crippen molar-refractivity contribution >= 4 is 5.97 Å². The maximum absolute atomic E-state index is 12.6. The van der Waals surface area contributed by atoms with Gasteiger partial charge in [-0.1, -0.05) is 36.8 Å². The lowest BCUT2D eigenvalue weighted by Crippen LogP contribution is -2.43. The quantitative estimate of drug-likeness (QED) is 0.795.